The van der Waals surface area contributed by atoms with E-state index in [2.05, 4.69) is 0 Å². The number of aliphatic hydroxyl groups excluding tert-OH is 1. The van der Waals surface area contributed by atoms with Crippen LogP contribution in [0.4, 0.5) is 0 Å². The molecule has 1 aliphatic carbocycles. The van der Waals surface area contributed by atoms with E-state index in [1.807, 2.05) is 13.8 Å². The smallest absolute Gasteiger partial charge is 0.336 e. The van der Waals surface area contributed by atoms with Crippen LogP contribution in [-0.2, 0) is 14.3 Å². The van der Waals surface area contributed by atoms with Crippen LogP contribution in [0.1, 0.15) is 27.7 Å². The van der Waals surface area contributed by atoms with E-state index in [0.29, 0.717) is 11.3 Å². The summed E-state index contributed by atoms with van der Waals surface area (Å²) in [4.78, 5) is 23.0. The minimum atomic E-state index is -0.496. The molecule has 0 aromatic carbocycles. The molecule has 0 bridgehead atoms. The summed E-state index contributed by atoms with van der Waals surface area (Å²) < 4.78 is 5.08. The number of carbonyl (C=O) groups excluding carboxylic acids is 2. The zero-order chi connectivity index (χ0) is 14.4. The van der Waals surface area contributed by atoms with Gasteiger partial charge in [0.1, 0.15) is 5.76 Å². The molecule has 1 aliphatic heterocycles. The number of Topliss-reactive ketones (excluding diaryl/α,β-unsaturated/α-hetero) is 1. The van der Waals surface area contributed by atoms with Crippen molar-refractivity contribution >= 4 is 11.8 Å². The van der Waals surface area contributed by atoms with Gasteiger partial charge in [-0.25, -0.2) is 4.79 Å². The summed E-state index contributed by atoms with van der Waals surface area (Å²) in [5.74, 6) is -0.576. The highest BCUT2D eigenvalue weighted by molar-refractivity contribution is 6.08. The standard InChI is InChI=1S/C15H16O4/c1-8-5-13(17)19-12(8)6-10-9(2)14(18)11(16)7-15(10,3)4/h5-7,16H,1-4H3/b12-6-. The van der Waals surface area contributed by atoms with Gasteiger partial charge >= 0.3 is 5.97 Å². The molecule has 19 heavy (non-hydrogen) atoms. The Morgan fingerprint density at radius 3 is 2.42 bits per heavy atom. The third kappa shape index (κ3) is 2.26. The van der Waals surface area contributed by atoms with Gasteiger partial charge in [-0.15, -0.1) is 0 Å². The van der Waals surface area contributed by atoms with E-state index < -0.39 is 17.2 Å². The van der Waals surface area contributed by atoms with E-state index in [0.717, 1.165) is 11.1 Å². The molecule has 0 spiro atoms. The van der Waals surface area contributed by atoms with Crippen molar-refractivity contribution in [1.82, 2.24) is 0 Å². The van der Waals surface area contributed by atoms with Crippen LogP contribution in [0, 0.1) is 5.41 Å². The van der Waals surface area contributed by atoms with E-state index in [9.17, 15) is 14.7 Å². The van der Waals surface area contributed by atoms with Crippen LogP contribution < -0.4 is 0 Å². The second-order valence-corrected chi connectivity index (χ2v) is 5.38. The monoisotopic (exact) mass is 260 g/mol. The lowest BCUT2D eigenvalue weighted by atomic mass is 9.76. The Balaban J connectivity index is 2.50. The van der Waals surface area contributed by atoms with Crippen molar-refractivity contribution in [3.63, 3.8) is 0 Å². The van der Waals surface area contributed by atoms with E-state index in [4.69, 9.17) is 4.74 Å². The lowest BCUT2D eigenvalue weighted by Crippen LogP contribution is -2.23. The van der Waals surface area contributed by atoms with E-state index in [-0.39, 0.29) is 5.76 Å². The maximum Gasteiger partial charge on any atom is 0.336 e. The van der Waals surface area contributed by atoms with Crippen LogP contribution in [0.25, 0.3) is 0 Å². The van der Waals surface area contributed by atoms with Crippen LogP contribution in [0.15, 0.2) is 46.5 Å². The molecule has 0 aromatic rings. The first-order valence-corrected chi connectivity index (χ1v) is 6.02. The fourth-order valence-electron chi connectivity index (χ4n) is 2.32. The van der Waals surface area contributed by atoms with Crippen molar-refractivity contribution in [2.24, 2.45) is 5.41 Å². The molecule has 0 radical (unpaired) electrons. The largest absolute Gasteiger partial charge is 0.504 e. The third-order valence-corrected chi connectivity index (χ3v) is 3.38. The van der Waals surface area contributed by atoms with Crippen LogP contribution in [0.5, 0.6) is 0 Å². The summed E-state index contributed by atoms with van der Waals surface area (Å²) in [6, 6.07) is 0. The van der Waals surface area contributed by atoms with Crippen molar-refractivity contribution in [2.45, 2.75) is 27.7 Å². The molecule has 0 saturated heterocycles. The molecule has 0 amide bonds. The minimum absolute atomic E-state index is 0.236. The van der Waals surface area contributed by atoms with Gasteiger partial charge in [0.25, 0.3) is 0 Å². The molecule has 1 N–H and O–H groups in total. The number of rotatable bonds is 1. The average molecular weight is 260 g/mol. The maximum absolute atomic E-state index is 11.8. The SMILES string of the molecule is CC1=CC(=O)O/C1=C\C1=C(C)C(=O)C(O)=CC1(C)C. The highest BCUT2D eigenvalue weighted by atomic mass is 16.5. The quantitative estimate of drug-likeness (QED) is 0.736. The van der Waals surface area contributed by atoms with Crippen LogP contribution in [0.2, 0.25) is 0 Å². The lowest BCUT2D eigenvalue weighted by Gasteiger charge is -2.28. The number of allylic oxidation sites excluding steroid dienone is 5. The van der Waals surface area contributed by atoms with E-state index >= 15 is 0 Å². The maximum atomic E-state index is 11.8. The van der Waals surface area contributed by atoms with Gasteiger partial charge < -0.3 is 9.84 Å². The van der Waals surface area contributed by atoms with Crippen molar-refractivity contribution in [3.8, 4) is 0 Å². The van der Waals surface area contributed by atoms with Gasteiger partial charge in [0.05, 0.1) is 0 Å². The Labute approximate surface area is 111 Å². The van der Waals surface area contributed by atoms with Crippen LogP contribution in [-0.4, -0.2) is 16.9 Å². The number of hydrogen-bond donors (Lipinski definition) is 1. The topological polar surface area (TPSA) is 63.6 Å². The molecule has 0 fully saturated rings. The molecule has 0 unspecified atom stereocenters. The minimum Gasteiger partial charge on any atom is -0.504 e. The number of aliphatic hydroxyl groups is 1. The molecule has 4 heteroatoms. The fourth-order valence-corrected chi connectivity index (χ4v) is 2.32. The van der Waals surface area contributed by atoms with Gasteiger partial charge in [0, 0.05) is 17.1 Å². The molecule has 100 valence electrons. The predicted octanol–water partition coefficient (Wildman–Crippen LogP) is 2.74. The molecule has 2 aliphatic rings. The van der Waals surface area contributed by atoms with Crippen molar-refractivity contribution in [2.75, 3.05) is 0 Å². The van der Waals surface area contributed by atoms with Crippen molar-refractivity contribution in [1.29, 1.82) is 0 Å². The first kappa shape index (κ1) is 13.3. The van der Waals surface area contributed by atoms with Gasteiger partial charge in [-0.05, 0) is 37.1 Å². The first-order chi connectivity index (χ1) is 8.72. The molecule has 0 saturated carbocycles. The predicted molar refractivity (Wildman–Crippen MR) is 70.1 cm³/mol. The van der Waals surface area contributed by atoms with Gasteiger partial charge in [-0.1, -0.05) is 13.8 Å². The van der Waals surface area contributed by atoms with E-state index in [1.165, 1.54) is 12.2 Å². The molecule has 0 atom stereocenters. The van der Waals surface area contributed by atoms with Crippen molar-refractivity contribution in [3.05, 3.63) is 46.5 Å². The third-order valence-electron chi connectivity index (χ3n) is 3.38. The number of esters is 1. The Morgan fingerprint density at radius 1 is 1.26 bits per heavy atom. The number of carbonyl (C=O) groups is 2. The Hall–Kier alpha value is -2.10. The van der Waals surface area contributed by atoms with Gasteiger partial charge in [0.15, 0.2) is 5.76 Å². The van der Waals surface area contributed by atoms with Gasteiger partial charge in [0.2, 0.25) is 5.78 Å². The van der Waals surface area contributed by atoms with Crippen LogP contribution in [0.3, 0.4) is 0 Å². The molecular formula is C15H16O4. The highest BCUT2D eigenvalue weighted by Crippen LogP contribution is 2.38. The molecule has 1 heterocycles. The lowest BCUT2D eigenvalue weighted by molar-refractivity contribution is -0.132. The summed E-state index contributed by atoms with van der Waals surface area (Å²) in [5.41, 5.74) is 1.44. The van der Waals surface area contributed by atoms with Crippen LogP contribution >= 0.6 is 0 Å². The van der Waals surface area contributed by atoms with Crippen molar-refractivity contribution < 1.29 is 19.4 Å². The van der Waals surface area contributed by atoms with Gasteiger partial charge in [-0.2, -0.15) is 0 Å². The molecular weight excluding hydrogens is 244 g/mol. The number of ketones is 1. The molecule has 0 aromatic heterocycles. The molecule has 4 nitrogen and oxygen atoms in total. The normalized spacial score (nSPS) is 24.5. The zero-order valence-corrected chi connectivity index (χ0v) is 11.4. The highest BCUT2D eigenvalue weighted by Gasteiger charge is 2.32. The molecule has 2 rings (SSSR count). The first-order valence-electron chi connectivity index (χ1n) is 6.02. The second-order valence-electron chi connectivity index (χ2n) is 5.38. The Bertz CT molecular complexity index is 598. The average Bonchev–Trinajstić information content (AvgIpc) is 2.60. The number of hydrogen-bond acceptors (Lipinski definition) is 4. The number of cyclic esters (lactones) is 1. The Kier molecular flexibility index (Phi) is 2.97. The summed E-state index contributed by atoms with van der Waals surface area (Å²) in [6.07, 6.45) is 4.63. The summed E-state index contributed by atoms with van der Waals surface area (Å²) >= 11 is 0. The zero-order valence-electron chi connectivity index (χ0n) is 11.4. The number of ether oxygens (including phenoxy) is 1. The second kappa shape index (κ2) is 4.23. The van der Waals surface area contributed by atoms with E-state index in [1.54, 1.807) is 19.9 Å². The summed E-state index contributed by atoms with van der Waals surface area (Å²) in [7, 11) is 0. The Morgan fingerprint density at radius 2 is 1.89 bits per heavy atom. The fraction of sp³-hybridized carbons (Fsp3) is 0.333. The summed E-state index contributed by atoms with van der Waals surface area (Å²) in [6.45, 7) is 7.22. The van der Waals surface area contributed by atoms with Gasteiger partial charge in [-0.3, -0.25) is 4.79 Å². The summed E-state index contributed by atoms with van der Waals surface area (Å²) in [5, 5.41) is 9.62.